The van der Waals surface area contributed by atoms with E-state index in [-0.39, 0.29) is 11.4 Å². The van der Waals surface area contributed by atoms with E-state index >= 15 is 0 Å². The number of carbonyl (C=O) groups is 1. The topological polar surface area (TPSA) is 38.3 Å². The summed E-state index contributed by atoms with van der Waals surface area (Å²) in [6.07, 6.45) is 1.38. The third-order valence-electron chi connectivity index (χ3n) is 3.70. The van der Waals surface area contributed by atoms with E-state index < -0.39 is 5.67 Å². The first-order chi connectivity index (χ1) is 8.06. The SMILES string of the molecule is COc1ccccc1C(=O)NC12CC(F)(C1)C2. The number of benzene rings is 1. The number of rotatable bonds is 3. The molecule has 4 rings (SSSR count). The fourth-order valence-electron chi connectivity index (χ4n) is 2.94. The maximum absolute atomic E-state index is 13.3. The second kappa shape index (κ2) is 3.22. The molecule has 3 fully saturated rings. The van der Waals surface area contributed by atoms with Crippen molar-refractivity contribution < 1.29 is 13.9 Å². The van der Waals surface area contributed by atoms with Crippen LogP contribution < -0.4 is 10.1 Å². The van der Waals surface area contributed by atoms with Gasteiger partial charge in [0.2, 0.25) is 0 Å². The highest BCUT2D eigenvalue weighted by Gasteiger charge is 2.69. The Labute approximate surface area is 99.0 Å². The number of methoxy groups -OCH3 is 1. The number of hydrogen-bond acceptors (Lipinski definition) is 2. The van der Waals surface area contributed by atoms with Crippen molar-refractivity contribution in [3.05, 3.63) is 29.8 Å². The number of ether oxygens (including phenoxy) is 1. The van der Waals surface area contributed by atoms with Crippen molar-refractivity contribution in [2.75, 3.05) is 7.11 Å². The maximum atomic E-state index is 13.3. The van der Waals surface area contributed by atoms with Crippen LogP contribution in [0.15, 0.2) is 24.3 Å². The van der Waals surface area contributed by atoms with Crippen molar-refractivity contribution in [3.63, 3.8) is 0 Å². The third-order valence-corrected chi connectivity index (χ3v) is 3.70. The molecular weight excluding hydrogens is 221 g/mol. The number of hydrogen-bond donors (Lipinski definition) is 1. The molecule has 4 heteroatoms. The number of alkyl halides is 1. The van der Waals surface area contributed by atoms with E-state index in [1.807, 2.05) is 6.07 Å². The highest BCUT2D eigenvalue weighted by molar-refractivity contribution is 5.97. The Morgan fingerprint density at radius 3 is 2.59 bits per heavy atom. The van der Waals surface area contributed by atoms with Gasteiger partial charge in [0.15, 0.2) is 0 Å². The zero-order valence-electron chi connectivity index (χ0n) is 9.63. The highest BCUT2D eigenvalue weighted by atomic mass is 19.1. The number of carbonyl (C=O) groups excluding carboxylic acids is 1. The maximum Gasteiger partial charge on any atom is 0.255 e. The van der Waals surface area contributed by atoms with E-state index in [0.29, 0.717) is 30.6 Å². The molecule has 2 bridgehead atoms. The third kappa shape index (κ3) is 1.51. The average Bonchev–Trinajstić information content (AvgIpc) is 2.25. The summed E-state index contributed by atoms with van der Waals surface area (Å²) in [5, 5.41) is 2.92. The standard InChI is InChI=1S/C13H14FNO2/c1-17-10-5-3-2-4-9(10)11(16)15-13-6-12(14,7-13)8-13/h2-5H,6-8H2,1H3,(H,15,16). The first-order valence-electron chi connectivity index (χ1n) is 5.70. The van der Waals surface area contributed by atoms with Crippen LogP contribution in [0.1, 0.15) is 29.6 Å². The molecule has 17 heavy (non-hydrogen) atoms. The molecule has 0 heterocycles. The molecule has 0 aliphatic heterocycles. The van der Waals surface area contributed by atoms with Gasteiger partial charge in [-0.1, -0.05) is 12.1 Å². The van der Waals surface area contributed by atoms with Gasteiger partial charge in [0.25, 0.3) is 5.91 Å². The molecule has 1 aromatic rings. The van der Waals surface area contributed by atoms with Gasteiger partial charge in [-0.15, -0.1) is 0 Å². The zero-order valence-corrected chi connectivity index (χ0v) is 9.63. The minimum absolute atomic E-state index is 0.177. The Balaban J connectivity index is 1.74. The number of halogens is 1. The van der Waals surface area contributed by atoms with Crippen LogP contribution in [-0.2, 0) is 0 Å². The Hall–Kier alpha value is -1.58. The fourth-order valence-corrected chi connectivity index (χ4v) is 2.94. The van der Waals surface area contributed by atoms with Crippen LogP contribution in [-0.4, -0.2) is 24.2 Å². The lowest BCUT2D eigenvalue weighted by Crippen LogP contribution is -2.76. The lowest BCUT2D eigenvalue weighted by Gasteiger charge is -2.65. The summed E-state index contributed by atoms with van der Waals surface area (Å²) in [4.78, 5) is 12.0. The minimum atomic E-state index is -0.992. The van der Waals surface area contributed by atoms with Crippen molar-refractivity contribution in [1.82, 2.24) is 5.32 Å². The Morgan fingerprint density at radius 1 is 1.35 bits per heavy atom. The van der Waals surface area contributed by atoms with Crippen LogP contribution in [0.5, 0.6) is 5.75 Å². The minimum Gasteiger partial charge on any atom is -0.496 e. The van der Waals surface area contributed by atoms with E-state index in [9.17, 15) is 9.18 Å². The Morgan fingerprint density at radius 2 is 2.00 bits per heavy atom. The molecule has 1 amide bonds. The lowest BCUT2D eigenvalue weighted by molar-refractivity contribution is -0.162. The van der Waals surface area contributed by atoms with Crippen molar-refractivity contribution >= 4 is 5.91 Å². The summed E-state index contributed by atoms with van der Waals surface area (Å²) in [7, 11) is 1.53. The van der Waals surface area contributed by atoms with Crippen LogP contribution in [0, 0.1) is 0 Å². The second-order valence-corrected chi connectivity index (χ2v) is 5.12. The molecule has 1 N–H and O–H groups in total. The molecule has 3 nitrogen and oxygen atoms in total. The summed E-state index contributed by atoms with van der Waals surface area (Å²) in [6, 6.07) is 7.06. The van der Waals surface area contributed by atoms with Crippen molar-refractivity contribution in [2.45, 2.75) is 30.5 Å². The van der Waals surface area contributed by atoms with Crippen LogP contribution >= 0.6 is 0 Å². The average molecular weight is 235 g/mol. The molecule has 0 atom stereocenters. The van der Waals surface area contributed by atoms with Gasteiger partial charge in [-0.3, -0.25) is 4.79 Å². The number of amides is 1. The number of para-hydroxylation sites is 1. The molecule has 3 aliphatic carbocycles. The summed E-state index contributed by atoms with van der Waals surface area (Å²) in [5.41, 5.74) is -0.770. The monoisotopic (exact) mass is 235 g/mol. The van der Waals surface area contributed by atoms with Crippen LogP contribution in [0.25, 0.3) is 0 Å². The summed E-state index contributed by atoms with van der Waals surface area (Å²) >= 11 is 0. The van der Waals surface area contributed by atoms with Gasteiger partial charge in [0, 0.05) is 24.8 Å². The van der Waals surface area contributed by atoms with Crippen molar-refractivity contribution in [3.8, 4) is 5.75 Å². The van der Waals surface area contributed by atoms with Gasteiger partial charge in [0.1, 0.15) is 11.4 Å². The first-order valence-corrected chi connectivity index (χ1v) is 5.70. The molecule has 3 aliphatic rings. The zero-order chi connectivity index (χ0) is 12.1. The molecular formula is C13H14FNO2. The largest absolute Gasteiger partial charge is 0.496 e. The quantitative estimate of drug-likeness (QED) is 0.871. The summed E-state index contributed by atoms with van der Waals surface area (Å²) < 4.78 is 18.5. The Bertz CT molecular complexity index is 466. The van der Waals surface area contributed by atoms with E-state index in [0.717, 1.165) is 0 Å². The van der Waals surface area contributed by atoms with Crippen LogP contribution in [0.4, 0.5) is 4.39 Å². The molecule has 1 aromatic carbocycles. The summed E-state index contributed by atoms with van der Waals surface area (Å²) in [5.74, 6) is 0.371. The van der Waals surface area contributed by atoms with Gasteiger partial charge in [-0.25, -0.2) is 4.39 Å². The molecule has 0 unspecified atom stereocenters. The first kappa shape index (κ1) is 10.6. The fraction of sp³-hybridized carbons (Fsp3) is 0.462. The highest BCUT2D eigenvalue weighted by Crippen LogP contribution is 2.62. The van der Waals surface area contributed by atoms with E-state index in [2.05, 4.69) is 5.32 Å². The Kier molecular flexibility index (Phi) is 2.00. The lowest BCUT2D eigenvalue weighted by atomic mass is 9.47. The number of nitrogens with one attached hydrogen (secondary N) is 1. The van der Waals surface area contributed by atoms with Gasteiger partial charge < -0.3 is 10.1 Å². The van der Waals surface area contributed by atoms with Gasteiger partial charge in [-0.05, 0) is 12.1 Å². The van der Waals surface area contributed by atoms with Crippen molar-refractivity contribution in [2.24, 2.45) is 0 Å². The van der Waals surface area contributed by atoms with E-state index in [1.165, 1.54) is 7.11 Å². The van der Waals surface area contributed by atoms with Crippen LogP contribution in [0.2, 0.25) is 0 Å². The molecule has 3 saturated carbocycles. The summed E-state index contributed by atoms with van der Waals surface area (Å²) in [6.45, 7) is 0. The molecule has 0 spiro atoms. The molecule has 90 valence electrons. The van der Waals surface area contributed by atoms with Gasteiger partial charge >= 0.3 is 0 Å². The second-order valence-electron chi connectivity index (χ2n) is 5.12. The molecule has 0 radical (unpaired) electrons. The van der Waals surface area contributed by atoms with Crippen LogP contribution in [0.3, 0.4) is 0 Å². The van der Waals surface area contributed by atoms with E-state index in [1.54, 1.807) is 18.2 Å². The predicted octanol–water partition coefficient (Wildman–Crippen LogP) is 2.07. The molecule has 0 saturated heterocycles. The smallest absolute Gasteiger partial charge is 0.255 e. The van der Waals surface area contributed by atoms with E-state index in [4.69, 9.17) is 4.74 Å². The van der Waals surface area contributed by atoms with Gasteiger partial charge in [-0.2, -0.15) is 0 Å². The van der Waals surface area contributed by atoms with Gasteiger partial charge in [0.05, 0.1) is 12.7 Å². The normalized spacial score (nSPS) is 33.3. The molecule has 0 aromatic heterocycles. The predicted molar refractivity (Wildman–Crippen MR) is 60.9 cm³/mol. The van der Waals surface area contributed by atoms with Crippen molar-refractivity contribution in [1.29, 1.82) is 0 Å².